The number of nitrogens with zero attached hydrogens (tertiary/aromatic N) is 2. The van der Waals surface area contributed by atoms with Gasteiger partial charge in [-0.25, -0.2) is 9.97 Å². The number of anilines is 1. The topological polar surface area (TPSA) is 65.5 Å². The molecule has 2 aliphatic rings. The Balaban J connectivity index is 1.36. The quantitative estimate of drug-likeness (QED) is 0.874. The molecule has 0 aliphatic carbocycles. The third kappa shape index (κ3) is 4.13. The summed E-state index contributed by atoms with van der Waals surface area (Å²) in [6, 6.07) is 12.1. The maximum absolute atomic E-state index is 6.06. The van der Waals surface area contributed by atoms with Crippen molar-refractivity contribution in [3.8, 4) is 0 Å². The van der Waals surface area contributed by atoms with Crippen molar-refractivity contribution in [3.63, 3.8) is 0 Å². The van der Waals surface area contributed by atoms with E-state index in [1.54, 1.807) is 6.20 Å². The van der Waals surface area contributed by atoms with E-state index in [9.17, 15) is 0 Å². The van der Waals surface area contributed by atoms with E-state index in [1.807, 2.05) is 24.3 Å². The van der Waals surface area contributed by atoms with Crippen molar-refractivity contribution in [1.29, 1.82) is 0 Å². The standard InChI is InChI=1S/C21H27N3O3/c1-21(2,3)17-9-10-22-20(24-17)23-15-12-26-19-16(13-27-18(15)19)25-11-14-7-5-4-6-8-14/h4-10,15-16,18-19H,11-13H2,1-3H3,(H,22,23,24)/t15-,16+,18+,19+/m0/s1. The van der Waals surface area contributed by atoms with Crippen LogP contribution in [0.3, 0.4) is 0 Å². The van der Waals surface area contributed by atoms with Crippen molar-refractivity contribution in [2.45, 2.75) is 57.1 Å². The highest BCUT2D eigenvalue weighted by Crippen LogP contribution is 2.31. The van der Waals surface area contributed by atoms with Crippen molar-refractivity contribution in [3.05, 3.63) is 53.9 Å². The average molecular weight is 369 g/mol. The molecule has 6 heteroatoms. The molecule has 2 aromatic rings. The molecule has 4 rings (SSSR count). The summed E-state index contributed by atoms with van der Waals surface area (Å²) in [6.45, 7) is 8.09. The summed E-state index contributed by atoms with van der Waals surface area (Å²) >= 11 is 0. The molecule has 4 atom stereocenters. The Labute approximate surface area is 160 Å². The van der Waals surface area contributed by atoms with E-state index in [1.165, 1.54) is 0 Å². The summed E-state index contributed by atoms with van der Waals surface area (Å²) < 4.78 is 18.0. The molecule has 2 aliphatic heterocycles. The minimum atomic E-state index is -0.0583. The van der Waals surface area contributed by atoms with Gasteiger partial charge in [-0.2, -0.15) is 0 Å². The van der Waals surface area contributed by atoms with Gasteiger partial charge in [-0.05, 0) is 11.6 Å². The second-order valence-electron chi connectivity index (χ2n) is 8.20. The van der Waals surface area contributed by atoms with Gasteiger partial charge in [-0.15, -0.1) is 0 Å². The van der Waals surface area contributed by atoms with E-state index in [4.69, 9.17) is 14.2 Å². The third-order valence-electron chi connectivity index (χ3n) is 5.05. The van der Waals surface area contributed by atoms with Gasteiger partial charge >= 0.3 is 0 Å². The first-order valence-electron chi connectivity index (χ1n) is 9.49. The lowest BCUT2D eigenvalue weighted by Gasteiger charge is -2.21. The van der Waals surface area contributed by atoms with E-state index in [0.29, 0.717) is 25.8 Å². The molecule has 0 amide bonds. The fourth-order valence-electron chi connectivity index (χ4n) is 3.52. The smallest absolute Gasteiger partial charge is 0.223 e. The molecule has 0 bridgehead atoms. The van der Waals surface area contributed by atoms with Crippen LogP contribution in [0, 0.1) is 0 Å². The van der Waals surface area contributed by atoms with Crippen molar-refractivity contribution >= 4 is 5.95 Å². The van der Waals surface area contributed by atoms with Gasteiger partial charge in [-0.1, -0.05) is 51.1 Å². The monoisotopic (exact) mass is 369 g/mol. The molecule has 144 valence electrons. The summed E-state index contributed by atoms with van der Waals surface area (Å²) in [5.74, 6) is 0.619. The minimum Gasteiger partial charge on any atom is -0.370 e. The molecule has 1 aromatic carbocycles. The number of nitrogens with one attached hydrogen (secondary N) is 1. The average Bonchev–Trinajstić information content (AvgIpc) is 3.24. The molecule has 0 radical (unpaired) electrons. The van der Waals surface area contributed by atoms with Crippen LogP contribution in [0.2, 0.25) is 0 Å². The fourth-order valence-corrected chi connectivity index (χ4v) is 3.52. The fraction of sp³-hybridized carbons (Fsp3) is 0.524. The largest absolute Gasteiger partial charge is 0.370 e. The van der Waals surface area contributed by atoms with Gasteiger partial charge < -0.3 is 19.5 Å². The van der Waals surface area contributed by atoms with Gasteiger partial charge in [0.2, 0.25) is 5.95 Å². The predicted octanol–water partition coefficient (Wildman–Crippen LogP) is 2.94. The number of fused-ring (bicyclic) bond motifs is 1. The number of hydrogen-bond donors (Lipinski definition) is 1. The van der Waals surface area contributed by atoms with Crippen LogP contribution in [0.4, 0.5) is 5.95 Å². The highest BCUT2D eigenvalue weighted by atomic mass is 16.6. The van der Waals surface area contributed by atoms with E-state index >= 15 is 0 Å². The van der Waals surface area contributed by atoms with Crippen molar-refractivity contribution < 1.29 is 14.2 Å². The highest BCUT2D eigenvalue weighted by Gasteiger charge is 2.48. The van der Waals surface area contributed by atoms with Crippen LogP contribution in [0.15, 0.2) is 42.6 Å². The SMILES string of the molecule is CC(C)(C)c1ccnc(N[C@H]2CO[C@H]3[C@@H]2OC[C@H]3OCc2ccccc2)n1. The van der Waals surface area contributed by atoms with Crippen LogP contribution in [-0.4, -0.2) is 47.5 Å². The second-order valence-corrected chi connectivity index (χ2v) is 8.20. The molecule has 2 fully saturated rings. The summed E-state index contributed by atoms with van der Waals surface area (Å²) in [5, 5.41) is 3.39. The first-order valence-corrected chi connectivity index (χ1v) is 9.49. The molecule has 27 heavy (non-hydrogen) atoms. The van der Waals surface area contributed by atoms with Gasteiger partial charge in [-0.3, -0.25) is 0 Å². The maximum Gasteiger partial charge on any atom is 0.223 e. The number of aromatic nitrogens is 2. The lowest BCUT2D eigenvalue weighted by atomic mass is 9.92. The Morgan fingerprint density at radius 3 is 2.63 bits per heavy atom. The van der Waals surface area contributed by atoms with Crippen LogP contribution in [0.5, 0.6) is 0 Å². The first-order chi connectivity index (χ1) is 13.0. The number of hydrogen-bond acceptors (Lipinski definition) is 6. The molecule has 6 nitrogen and oxygen atoms in total. The zero-order valence-corrected chi connectivity index (χ0v) is 16.1. The van der Waals surface area contributed by atoms with Crippen LogP contribution in [0.25, 0.3) is 0 Å². The molecule has 3 heterocycles. The Kier molecular flexibility index (Phi) is 5.12. The zero-order valence-electron chi connectivity index (χ0n) is 16.1. The van der Waals surface area contributed by atoms with Crippen molar-refractivity contribution in [2.75, 3.05) is 18.5 Å². The summed E-state index contributed by atoms with van der Waals surface area (Å²) in [6.07, 6.45) is 1.64. The van der Waals surface area contributed by atoms with Gasteiger partial charge in [0.25, 0.3) is 0 Å². The number of benzene rings is 1. The zero-order chi connectivity index (χ0) is 18.9. The summed E-state index contributed by atoms with van der Waals surface area (Å²) in [4.78, 5) is 9.01. The number of rotatable bonds is 5. The van der Waals surface area contributed by atoms with E-state index < -0.39 is 0 Å². The lowest BCUT2D eigenvalue weighted by Crippen LogP contribution is -2.37. The van der Waals surface area contributed by atoms with Crippen LogP contribution < -0.4 is 5.32 Å². The van der Waals surface area contributed by atoms with Gasteiger partial charge in [0.15, 0.2) is 0 Å². The Hall–Kier alpha value is -2.02. The summed E-state index contributed by atoms with van der Waals surface area (Å²) in [7, 11) is 0. The molecule has 2 saturated heterocycles. The minimum absolute atomic E-state index is 0.0195. The molecule has 1 aromatic heterocycles. The van der Waals surface area contributed by atoms with Crippen LogP contribution in [0.1, 0.15) is 32.0 Å². The maximum atomic E-state index is 6.06. The van der Waals surface area contributed by atoms with Gasteiger partial charge in [0.05, 0.1) is 31.6 Å². The predicted molar refractivity (Wildman–Crippen MR) is 103 cm³/mol. The Morgan fingerprint density at radius 2 is 1.85 bits per heavy atom. The van der Waals surface area contributed by atoms with E-state index in [-0.39, 0.29) is 29.8 Å². The normalized spacial score (nSPS) is 27.5. The molecule has 1 N–H and O–H groups in total. The van der Waals surface area contributed by atoms with Crippen LogP contribution >= 0.6 is 0 Å². The molecular weight excluding hydrogens is 342 g/mol. The van der Waals surface area contributed by atoms with E-state index in [2.05, 4.69) is 48.2 Å². The molecular formula is C21H27N3O3. The summed E-state index contributed by atoms with van der Waals surface area (Å²) in [5.41, 5.74) is 2.14. The lowest BCUT2D eigenvalue weighted by molar-refractivity contribution is -0.0388. The second kappa shape index (κ2) is 7.54. The van der Waals surface area contributed by atoms with E-state index in [0.717, 1.165) is 11.3 Å². The van der Waals surface area contributed by atoms with Gasteiger partial charge in [0, 0.05) is 11.6 Å². The van der Waals surface area contributed by atoms with Crippen LogP contribution in [-0.2, 0) is 26.2 Å². The van der Waals surface area contributed by atoms with Crippen molar-refractivity contribution in [1.82, 2.24) is 9.97 Å². The van der Waals surface area contributed by atoms with Crippen molar-refractivity contribution in [2.24, 2.45) is 0 Å². The molecule has 0 spiro atoms. The third-order valence-corrected chi connectivity index (χ3v) is 5.05. The molecule has 0 saturated carbocycles. The van der Waals surface area contributed by atoms with Gasteiger partial charge in [0.1, 0.15) is 18.3 Å². The highest BCUT2D eigenvalue weighted by molar-refractivity contribution is 5.30. The first kappa shape index (κ1) is 18.3. The number of ether oxygens (including phenoxy) is 3. The Morgan fingerprint density at radius 1 is 1.07 bits per heavy atom. The Bertz CT molecular complexity index is 763. The molecule has 0 unspecified atom stereocenters.